The molecular weight excluding hydrogens is 414 g/mol. The number of methoxy groups -OCH3 is 1. The van der Waals surface area contributed by atoms with Gasteiger partial charge in [-0.2, -0.15) is 11.3 Å². The van der Waals surface area contributed by atoms with Crippen LogP contribution < -0.4 is 9.46 Å². The number of hydrogen-bond donors (Lipinski definition) is 2. The first-order chi connectivity index (χ1) is 12.4. The molecule has 1 unspecified atom stereocenters. The molecule has 0 bridgehead atoms. The van der Waals surface area contributed by atoms with E-state index in [1.54, 1.807) is 12.1 Å². The Morgan fingerprint density at radius 2 is 2.08 bits per heavy atom. The first kappa shape index (κ1) is 19.3. The Hall–Kier alpha value is -1.42. The molecule has 5 nitrogen and oxygen atoms in total. The van der Waals surface area contributed by atoms with Crippen molar-refractivity contribution in [1.29, 1.82) is 0 Å². The first-order valence-electron chi connectivity index (χ1n) is 7.52. The largest absolute Gasteiger partial charge is 0.495 e. The lowest BCUT2D eigenvalue weighted by atomic mass is 10.2. The molecule has 2 heterocycles. The number of ether oxygens (including phenoxy) is 1. The summed E-state index contributed by atoms with van der Waals surface area (Å²) >= 11 is 8.88. The van der Waals surface area contributed by atoms with Crippen LogP contribution in [0.25, 0.3) is 0 Å². The summed E-state index contributed by atoms with van der Waals surface area (Å²) in [6.45, 7) is 0.132. The minimum atomic E-state index is -3.70. The van der Waals surface area contributed by atoms with Crippen LogP contribution in [0, 0.1) is 0 Å². The van der Waals surface area contributed by atoms with E-state index in [2.05, 4.69) is 4.72 Å². The lowest BCUT2D eigenvalue weighted by Crippen LogP contribution is -2.22. The van der Waals surface area contributed by atoms with Crippen LogP contribution in [0.5, 0.6) is 5.75 Å². The van der Waals surface area contributed by atoms with E-state index >= 15 is 0 Å². The van der Waals surface area contributed by atoms with Gasteiger partial charge in [-0.1, -0.05) is 11.6 Å². The topological polar surface area (TPSA) is 75.6 Å². The van der Waals surface area contributed by atoms with Crippen molar-refractivity contribution in [2.75, 3.05) is 7.11 Å². The Labute approximate surface area is 164 Å². The first-order valence-corrected chi connectivity index (χ1v) is 11.1. The van der Waals surface area contributed by atoms with Gasteiger partial charge in [-0.15, -0.1) is 11.3 Å². The van der Waals surface area contributed by atoms with E-state index in [0.717, 1.165) is 15.3 Å². The number of thiophene rings is 2. The number of benzene rings is 1. The molecule has 0 spiro atoms. The van der Waals surface area contributed by atoms with Gasteiger partial charge in [0.25, 0.3) is 0 Å². The highest BCUT2D eigenvalue weighted by atomic mass is 35.5. The summed E-state index contributed by atoms with van der Waals surface area (Å²) in [4.78, 5) is 1.64. The van der Waals surface area contributed by atoms with Crippen LogP contribution >= 0.6 is 34.3 Å². The molecule has 0 fully saturated rings. The molecule has 1 atom stereocenters. The monoisotopic (exact) mass is 429 g/mol. The van der Waals surface area contributed by atoms with Crippen molar-refractivity contribution in [3.8, 4) is 5.75 Å². The van der Waals surface area contributed by atoms with E-state index in [1.165, 1.54) is 48.0 Å². The highest BCUT2D eigenvalue weighted by Crippen LogP contribution is 2.30. The van der Waals surface area contributed by atoms with Gasteiger partial charge in [0.2, 0.25) is 10.0 Å². The average molecular weight is 430 g/mol. The minimum absolute atomic E-state index is 0.0680. The fourth-order valence-corrected chi connectivity index (χ4v) is 5.39. The summed E-state index contributed by atoms with van der Waals surface area (Å²) in [6, 6.07) is 9.78. The number of aliphatic hydroxyl groups excluding tert-OH is 1. The molecule has 0 radical (unpaired) electrons. The second-order valence-electron chi connectivity index (χ2n) is 5.38. The van der Waals surface area contributed by atoms with Crippen LogP contribution in [0.4, 0.5) is 0 Å². The third-order valence-electron chi connectivity index (χ3n) is 3.68. The van der Waals surface area contributed by atoms with Gasteiger partial charge in [-0.3, -0.25) is 0 Å². The summed E-state index contributed by atoms with van der Waals surface area (Å²) in [5.74, 6) is 0.413. The predicted molar refractivity (Wildman–Crippen MR) is 105 cm³/mol. The van der Waals surface area contributed by atoms with E-state index in [0.29, 0.717) is 5.75 Å². The summed E-state index contributed by atoms with van der Waals surface area (Å²) in [6.07, 6.45) is -0.697. The zero-order chi connectivity index (χ0) is 18.7. The molecule has 2 N–H and O–H groups in total. The summed E-state index contributed by atoms with van der Waals surface area (Å²) in [7, 11) is -2.24. The fraction of sp³-hybridized carbons (Fsp3) is 0.176. The molecule has 2 aromatic heterocycles. The second-order valence-corrected chi connectivity index (χ2v) is 9.54. The highest BCUT2D eigenvalue weighted by molar-refractivity contribution is 7.89. The number of nitrogens with one attached hydrogen (secondary N) is 1. The van der Waals surface area contributed by atoms with E-state index < -0.39 is 16.1 Å². The van der Waals surface area contributed by atoms with Crippen molar-refractivity contribution in [2.24, 2.45) is 0 Å². The van der Waals surface area contributed by atoms with Gasteiger partial charge < -0.3 is 9.84 Å². The molecule has 26 heavy (non-hydrogen) atoms. The standard InChI is InChI=1S/C17H16ClNO4S3/c1-23-15-4-3-13(8-14(15)18)26(21,22)19-9-12-2-5-16(25-12)17(20)11-6-7-24-10-11/h2-8,10,17,19-20H,9H2,1H3. The van der Waals surface area contributed by atoms with Crippen LogP contribution in [-0.2, 0) is 16.6 Å². The van der Waals surface area contributed by atoms with Crippen molar-refractivity contribution in [3.05, 3.63) is 67.5 Å². The Balaban J connectivity index is 1.69. The maximum absolute atomic E-state index is 12.4. The quantitative estimate of drug-likeness (QED) is 0.594. The molecule has 1 aromatic carbocycles. The maximum Gasteiger partial charge on any atom is 0.240 e. The highest BCUT2D eigenvalue weighted by Gasteiger charge is 2.18. The molecular formula is C17H16ClNO4S3. The molecule has 3 rings (SSSR count). The van der Waals surface area contributed by atoms with Gasteiger partial charge in [0.1, 0.15) is 11.9 Å². The van der Waals surface area contributed by atoms with E-state index in [4.69, 9.17) is 16.3 Å². The van der Waals surface area contributed by atoms with Gasteiger partial charge in [0.05, 0.1) is 17.0 Å². The number of aliphatic hydroxyl groups is 1. The molecule has 138 valence electrons. The smallest absolute Gasteiger partial charge is 0.240 e. The Morgan fingerprint density at radius 1 is 1.27 bits per heavy atom. The molecule has 0 aliphatic rings. The summed E-state index contributed by atoms with van der Waals surface area (Å²) in [5.41, 5.74) is 0.830. The van der Waals surface area contributed by atoms with Crippen LogP contribution in [-0.4, -0.2) is 20.6 Å². The van der Waals surface area contributed by atoms with E-state index in [9.17, 15) is 13.5 Å². The van der Waals surface area contributed by atoms with Crippen molar-refractivity contribution in [2.45, 2.75) is 17.5 Å². The molecule has 9 heteroatoms. The van der Waals surface area contributed by atoms with Gasteiger partial charge in [-0.25, -0.2) is 13.1 Å². The third-order valence-corrected chi connectivity index (χ3v) is 7.21. The Morgan fingerprint density at radius 3 is 2.73 bits per heavy atom. The van der Waals surface area contributed by atoms with Gasteiger partial charge in [0, 0.05) is 16.3 Å². The molecule has 0 aliphatic carbocycles. The van der Waals surface area contributed by atoms with Crippen molar-refractivity contribution in [1.82, 2.24) is 4.72 Å². The second kappa shape index (κ2) is 8.08. The van der Waals surface area contributed by atoms with Crippen LogP contribution in [0.2, 0.25) is 5.02 Å². The Bertz CT molecular complexity index is 983. The van der Waals surface area contributed by atoms with Crippen molar-refractivity contribution < 1.29 is 18.3 Å². The SMILES string of the molecule is COc1ccc(S(=O)(=O)NCc2ccc(C(O)c3ccsc3)s2)cc1Cl. The normalized spacial score (nSPS) is 12.9. The number of sulfonamides is 1. The Kier molecular flexibility index (Phi) is 6.01. The van der Waals surface area contributed by atoms with Crippen LogP contribution in [0.15, 0.2) is 52.1 Å². The zero-order valence-corrected chi connectivity index (χ0v) is 16.9. The molecule has 3 aromatic rings. The minimum Gasteiger partial charge on any atom is -0.495 e. The summed E-state index contributed by atoms with van der Waals surface area (Å²) < 4.78 is 32.4. The zero-order valence-electron chi connectivity index (χ0n) is 13.7. The van der Waals surface area contributed by atoms with E-state index in [1.807, 2.05) is 16.8 Å². The average Bonchev–Trinajstić information content (AvgIpc) is 3.31. The molecule has 0 amide bonds. The molecule has 0 saturated carbocycles. The lowest BCUT2D eigenvalue weighted by molar-refractivity contribution is 0.224. The maximum atomic E-state index is 12.4. The number of halogens is 1. The van der Waals surface area contributed by atoms with Gasteiger partial charge in [0.15, 0.2) is 0 Å². The number of hydrogen-bond acceptors (Lipinski definition) is 6. The van der Waals surface area contributed by atoms with Crippen LogP contribution in [0.3, 0.4) is 0 Å². The third kappa shape index (κ3) is 4.28. The van der Waals surface area contributed by atoms with Gasteiger partial charge in [-0.05, 0) is 52.7 Å². The summed E-state index contributed by atoms with van der Waals surface area (Å²) in [5, 5.41) is 14.4. The lowest BCUT2D eigenvalue weighted by Gasteiger charge is -2.08. The fourth-order valence-electron chi connectivity index (χ4n) is 2.30. The van der Waals surface area contributed by atoms with Crippen molar-refractivity contribution >= 4 is 44.3 Å². The van der Waals surface area contributed by atoms with E-state index in [-0.39, 0.29) is 16.5 Å². The predicted octanol–water partition coefficient (Wildman–Crippen LogP) is 4.03. The van der Waals surface area contributed by atoms with Crippen LogP contribution in [0.1, 0.15) is 21.4 Å². The number of rotatable bonds is 7. The molecule has 0 aliphatic heterocycles. The molecule has 0 saturated heterocycles. The van der Waals surface area contributed by atoms with Gasteiger partial charge >= 0.3 is 0 Å². The van der Waals surface area contributed by atoms with Crippen molar-refractivity contribution in [3.63, 3.8) is 0 Å².